The first-order valence-electron chi connectivity index (χ1n) is 10.8. The Balaban J connectivity index is 1.75. The van der Waals surface area contributed by atoms with E-state index in [1.165, 1.54) is 6.07 Å². The maximum atomic E-state index is 15.1. The number of furan rings is 1. The molecule has 32 heavy (non-hydrogen) atoms. The molecule has 0 fully saturated rings. The van der Waals surface area contributed by atoms with Crippen LogP contribution in [0.4, 0.5) is 8.78 Å². The number of nitrogens with zero attached hydrogens (tertiary/aromatic N) is 1. The van der Waals surface area contributed by atoms with E-state index in [9.17, 15) is 4.39 Å². The lowest BCUT2D eigenvalue weighted by molar-refractivity contribution is -0.660. The van der Waals surface area contributed by atoms with Crippen LogP contribution in [0.1, 0.15) is 17.5 Å². The van der Waals surface area contributed by atoms with Crippen molar-refractivity contribution in [3.05, 3.63) is 89.9 Å². The Morgan fingerprint density at radius 1 is 0.844 bits per heavy atom. The third-order valence-electron chi connectivity index (χ3n) is 6.12. The molecular weight excluding hydrogens is 404 g/mol. The molecule has 4 heteroatoms. The number of alkyl halides is 1. The number of aryl methyl sites for hydroxylation is 3. The Morgan fingerprint density at radius 2 is 1.56 bits per heavy atom. The summed E-state index contributed by atoms with van der Waals surface area (Å²) in [5, 5.41) is 1.85. The van der Waals surface area contributed by atoms with E-state index in [-0.39, 0.29) is 12.5 Å². The summed E-state index contributed by atoms with van der Waals surface area (Å²) in [6, 6.07) is 21.1. The van der Waals surface area contributed by atoms with E-state index in [1.54, 1.807) is 6.07 Å². The molecule has 3 aromatic carbocycles. The van der Waals surface area contributed by atoms with Gasteiger partial charge in [0.15, 0.2) is 6.20 Å². The van der Waals surface area contributed by atoms with Gasteiger partial charge >= 0.3 is 0 Å². The topological polar surface area (TPSA) is 17.0 Å². The second-order valence-corrected chi connectivity index (χ2v) is 8.22. The predicted molar refractivity (Wildman–Crippen MR) is 125 cm³/mol. The van der Waals surface area contributed by atoms with Crippen LogP contribution in [-0.4, -0.2) is 6.67 Å². The van der Waals surface area contributed by atoms with E-state index in [0.29, 0.717) is 24.0 Å². The molecule has 160 valence electrons. The molecular formula is C28H24F2NO+. The Kier molecular flexibility index (Phi) is 5.22. The van der Waals surface area contributed by atoms with Gasteiger partial charge in [0.25, 0.3) is 0 Å². The summed E-state index contributed by atoms with van der Waals surface area (Å²) in [4.78, 5) is 0. The summed E-state index contributed by atoms with van der Waals surface area (Å²) in [7, 11) is 2.01. The maximum absolute atomic E-state index is 15.1. The van der Waals surface area contributed by atoms with Gasteiger partial charge in [-0.2, -0.15) is 0 Å². The van der Waals surface area contributed by atoms with Gasteiger partial charge in [-0.15, -0.1) is 0 Å². The van der Waals surface area contributed by atoms with Crippen LogP contribution in [-0.2, 0) is 13.5 Å². The van der Waals surface area contributed by atoms with Crippen LogP contribution in [0.25, 0.3) is 44.3 Å². The van der Waals surface area contributed by atoms with E-state index in [4.69, 9.17) is 4.42 Å². The Bertz CT molecular complexity index is 1430. The molecule has 0 atom stereocenters. The predicted octanol–water partition coefficient (Wildman–Crippen LogP) is 7.09. The zero-order valence-corrected chi connectivity index (χ0v) is 18.2. The van der Waals surface area contributed by atoms with Crippen LogP contribution < -0.4 is 4.57 Å². The van der Waals surface area contributed by atoms with E-state index < -0.39 is 0 Å². The van der Waals surface area contributed by atoms with Crippen LogP contribution in [0.2, 0.25) is 0 Å². The number of aromatic nitrogens is 1. The van der Waals surface area contributed by atoms with Gasteiger partial charge in [0.2, 0.25) is 5.69 Å². The first-order chi connectivity index (χ1) is 15.6. The molecule has 0 spiro atoms. The quantitative estimate of drug-likeness (QED) is 0.273. The van der Waals surface area contributed by atoms with E-state index >= 15 is 4.39 Å². The maximum Gasteiger partial charge on any atom is 0.216 e. The summed E-state index contributed by atoms with van der Waals surface area (Å²) in [5.41, 5.74) is 6.69. The highest BCUT2D eigenvalue weighted by atomic mass is 19.1. The second-order valence-electron chi connectivity index (χ2n) is 8.22. The first-order valence-corrected chi connectivity index (χ1v) is 10.8. The van der Waals surface area contributed by atoms with Crippen LogP contribution >= 0.6 is 0 Å². The molecule has 0 amide bonds. The molecule has 5 aromatic rings. The summed E-state index contributed by atoms with van der Waals surface area (Å²) in [5.74, 6) is -0.323. The molecule has 0 saturated carbocycles. The van der Waals surface area contributed by atoms with Gasteiger partial charge in [0, 0.05) is 22.9 Å². The molecule has 0 saturated heterocycles. The molecule has 0 radical (unpaired) electrons. The smallest absolute Gasteiger partial charge is 0.216 e. The lowest BCUT2D eigenvalue weighted by Gasteiger charge is -2.06. The average Bonchev–Trinajstić information content (AvgIpc) is 3.17. The van der Waals surface area contributed by atoms with Gasteiger partial charge in [-0.25, -0.2) is 8.96 Å². The van der Waals surface area contributed by atoms with Crippen LogP contribution in [0, 0.1) is 12.7 Å². The third-order valence-corrected chi connectivity index (χ3v) is 6.12. The molecule has 0 unspecified atom stereocenters. The number of benzene rings is 3. The number of rotatable bonds is 5. The van der Waals surface area contributed by atoms with Crippen LogP contribution in [0.15, 0.2) is 77.3 Å². The van der Waals surface area contributed by atoms with Crippen molar-refractivity contribution >= 4 is 21.9 Å². The van der Waals surface area contributed by atoms with E-state index in [0.717, 1.165) is 44.3 Å². The summed E-state index contributed by atoms with van der Waals surface area (Å²) < 4.78 is 36.1. The lowest BCUT2D eigenvalue weighted by Crippen LogP contribution is -2.30. The third kappa shape index (κ3) is 3.36. The fourth-order valence-electron chi connectivity index (χ4n) is 4.46. The second kappa shape index (κ2) is 8.19. The van der Waals surface area contributed by atoms with Crippen molar-refractivity contribution in [1.82, 2.24) is 0 Å². The standard InChI is InChI=1S/C28H24F2NO/c1-18-8-13-21-22-14-15-23(30)26(20-11-9-19(10-12-20)6-5-16-29)28(22)32-27(21)25(18)24-7-3-4-17-31(24)2/h3-4,7-15,17H,5-6,16H2,1-2H3/q+1. The van der Waals surface area contributed by atoms with Crippen molar-refractivity contribution < 1.29 is 17.8 Å². The Hall–Kier alpha value is -3.53. The Labute approximate surface area is 185 Å². The van der Waals surface area contributed by atoms with E-state index in [1.807, 2.05) is 55.7 Å². The largest absolute Gasteiger partial charge is 0.454 e. The number of halogens is 2. The number of fused-ring (bicyclic) bond motifs is 3. The van der Waals surface area contributed by atoms with Crippen molar-refractivity contribution in [1.29, 1.82) is 0 Å². The number of pyridine rings is 1. The van der Waals surface area contributed by atoms with Crippen molar-refractivity contribution in [2.45, 2.75) is 19.8 Å². The molecule has 0 N–H and O–H groups in total. The van der Waals surface area contributed by atoms with Crippen molar-refractivity contribution in [3.8, 4) is 22.4 Å². The minimum absolute atomic E-state index is 0.323. The normalized spacial score (nSPS) is 11.5. The van der Waals surface area contributed by atoms with Gasteiger partial charge in [0.1, 0.15) is 24.0 Å². The fraction of sp³-hybridized carbons (Fsp3) is 0.179. The van der Waals surface area contributed by atoms with Gasteiger partial charge in [-0.3, -0.25) is 4.39 Å². The van der Waals surface area contributed by atoms with Gasteiger partial charge in [-0.1, -0.05) is 36.4 Å². The molecule has 2 aromatic heterocycles. The summed E-state index contributed by atoms with van der Waals surface area (Å²) >= 11 is 0. The van der Waals surface area contributed by atoms with Gasteiger partial charge < -0.3 is 4.42 Å². The molecule has 0 aliphatic rings. The zero-order valence-electron chi connectivity index (χ0n) is 18.2. The SMILES string of the molecule is Cc1ccc2c(oc3c(-c4ccc(CCCF)cc4)c(F)ccc32)c1-c1cccc[n+]1C. The molecule has 5 rings (SSSR count). The molecule has 0 aliphatic carbocycles. The molecule has 0 bridgehead atoms. The molecule has 2 heterocycles. The van der Waals surface area contributed by atoms with Crippen molar-refractivity contribution in [2.75, 3.05) is 6.67 Å². The van der Waals surface area contributed by atoms with Gasteiger partial charge in [-0.05, 0) is 54.7 Å². The highest BCUT2D eigenvalue weighted by Gasteiger charge is 2.22. The summed E-state index contributed by atoms with van der Waals surface area (Å²) in [6.45, 7) is 1.72. The number of hydrogen-bond donors (Lipinski definition) is 0. The Morgan fingerprint density at radius 3 is 2.28 bits per heavy atom. The monoisotopic (exact) mass is 428 g/mol. The number of hydrogen-bond acceptors (Lipinski definition) is 1. The van der Waals surface area contributed by atoms with Gasteiger partial charge in [0.05, 0.1) is 17.8 Å². The molecule has 2 nitrogen and oxygen atoms in total. The van der Waals surface area contributed by atoms with Crippen LogP contribution in [0.3, 0.4) is 0 Å². The van der Waals surface area contributed by atoms with Crippen LogP contribution in [0.5, 0.6) is 0 Å². The first kappa shape index (κ1) is 20.4. The zero-order chi connectivity index (χ0) is 22.2. The average molecular weight is 429 g/mol. The minimum Gasteiger partial charge on any atom is -0.454 e. The minimum atomic E-state index is -0.338. The van der Waals surface area contributed by atoms with Crippen molar-refractivity contribution in [2.24, 2.45) is 7.05 Å². The fourth-order valence-corrected chi connectivity index (χ4v) is 4.46. The summed E-state index contributed by atoms with van der Waals surface area (Å²) in [6.07, 6.45) is 3.17. The highest BCUT2D eigenvalue weighted by molar-refractivity contribution is 6.13. The molecule has 0 aliphatic heterocycles. The van der Waals surface area contributed by atoms with E-state index in [2.05, 4.69) is 23.6 Å². The lowest BCUT2D eigenvalue weighted by atomic mass is 9.98. The highest BCUT2D eigenvalue weighted by Crippen LogP contribution is 2.41. The van der Waals surface area contributed by atoms with Crippen molar-refractivity contribution in [3.63, 3.8) is 0 Å².